The lowest BCUT2D eigenvalue weighted by atomic mass is 10.6. The maximum absolute atomic E-state index is 10.3. The second-order valence-electron chi connectivity index (χ2n) is 1.64. The number of aromatic nitrogens is 1. The van der Waals surface area contributed by atoms with Crippen molar-refractivity contribution < 1.29 is 8.83 Å². The Hall–Kier alpha value is -1.45. The van der Waals surface area contributed by atoms with Crippen molar-refractivity contribution in [3.63, 3.8) is 0 Å². The van der Waals surface area contributed by atoms with Crippen molar-refractivity contribution in [3.05, 3.63) is 23.0 Å². The van der Waals surface area contributed by atoms with Gasteiger partial charge in [0, 0.05) is 12.4 Å². The molecule has 0 radical (unpaired) electrons. The first kappa shape index (κ1) is 4.43. The van der Waals surface area contributed by atoms with Gasteiger partial charge in [0.15, 0.2) is 11.2 Å². The number of nitrogens with one attached hydrogen (secondary N) is 1. The molecule has 4 nitrogen and oxygen atoms in total. The van der Waals surface area contributed by atoms with Crippen LogP contribution in [0, 0.1) is 0 Å². The quantitative estimate of drug-likeness (QED) is 0.564. The van der Waals surface area contributed by atoms with Crippen LogP contribution in [0.5, 0.6) is 0 Å². The van der Waals surface area contributed by atoms with Gasteiger partial charge in [0.2, 0.25) is 0 Å². The Morgan fingerprint density at radius 2 is 1.78 bits per heavy atom. The molecule has 0 saturated carbocycles. The van der Waals surface area contributed by atoms with E-state index in [1.807, 2.05) is 0 Å². The van der Waals surface area contributed by atoms with E-state index >= 15 is 0 Å². The van der Waals surface area contributed by atoms with Gasteiger partial charge in [0.05, 0.1) is 0 Å². The van der Waals surface area contributed by atoms with Crippen LogP contribution in [0.2, 0.25) is 0 Å². The molecule has 4 heteroatoms. The molecule has 0 unspecified atom stereocenters. The van der Waals surface area contributed by atoms with E-state index < -0.39 is 5.82 Å². The zero-order valence-corrected chi connectivity index (χ0v) is 4.38. The number of aromatic amines is 1. The fourth-order valence-electron chi connectivity index (χ4n) is 0.695. The lowest BCUT2D eigenvalue weighted by molar-refractivity contribution is 0.407. The molecule has 0 fully saturated rings. The molecule has 0 bridgehead atoms. The zero-order chi connectivity index (χ0) is 6.27. The minimum atomic E-state index is -0.658. The highest BCUT2D eigenvalue weighted by molar-refractivity contribution is 5.67. The third-order valence-electron chi connectivity index (χ3n) is 1.06. The fourth-order valence-corrected chi connectivity index (χ4v) is 0.695. The van der Waals surface area contributed by atoms with Crippen molar-refractivity contribution in [2.45, 2.75) is 0 Å². The zero-order valence-electron chi connectivity index (χ0n) is 4.38. The molecule has 2 aromatic heterocycles. The first-order valence-corrected chi connectivity index (χ1v) is 2.43. The molecule has 0 aliphatic rings. The fraction of sp³-hybridized carbons (Fsp3) is 0. The van der Waals surface area contributed by atoms with Gasteiger partial charge < -0.3 is 13.8 Å². The first-order valence-electron chi connectivity index (χ1n) is 2.43. The third kappa shape index (κ3) is 0.495. The minimum absolute atomic E-state index is 0.458. The summed E-state index contributed by atoms with van der Waals surface area (Å²) in [4.78, 5) is 13.0. The SMILES string of the molecule is O=c1oc2c[nH]cc2o1. The number of hydrogen-bond acceptors (Lipinski definition) is 3. The smallest absolute Gasteiger partial charge is 0.389 e. The molecule has 0 aromatic carbocycles. The summed E-state index contributed by atoms with van der Waals surface area (Å²) >= 11 is 0. The van der Waals surface area contributed by atoms with E-state index in [2.05, 4.69) is 13.8 Å². The lowest BCUT2D eigenvalue weighted by Crippen LogP contribution is -1.84. The Balaban J connectivity index is 3.08. The van der Waals surface area contributed by atoms with Crippen LogP contribution in [0.25, 0.3) is 11.2 Å². The topological polar surface area (TPSA) is 59.1 Å². The summed E-state index contributed by atoms with van der Waals surface area (Å²) in [6.45, 7) is 0. The molecule has 2 heterocycles. The van der Waals surface area contributed by atoms with Crippen LogP contribution in [0.1, 0.15) is 0 Å². The summed E-state index contributed by atoms with van der Waals surface area (Å²) in [5.74, 6) is -0.658. The summed E-state index contributed by atoms with van der Waals surface area (Å²) in [5.41, 5.74) is 0.917. The lowest BCUT2D eigenvalue weighted by Gasteiger charge is -1.60. The standard InChI is InChI=1S/C5H3NO3/c7-5-8-3-1-6-2-4(3)9-5/h1-2,6H. The van der Waals surface area contributed by atoms with Gasteiger partial charge in [0.25, 0.3) is 0 Å². The van der Waals surface area contributed by atoms with E-state index in [-0.39, 0.29) is 0 Å². The number of hydrogen-bond donors (Lipinski definition) is 1. The largest absolute Gasteiger partial charge is 0.519 e. The Kier molecular flexibility index (Phi) is 0.631. The van der Waals surface area contributed by atoms with E-state index in [0.717, 1.165) is 0 Å². The maximum Gasteiger partial charge on any atom is 0.519 e. The van der Waals surface area contributed by atoms with Crippen LogP contribution in [-0.4, -0.2) is 4.98 Å². The molecule has 2 aromatic rings. The van der Waals surface area contributed by atoms with Gasteiger partial charge in [-0.05, 0) is 0 Å². The van der Waals surface area contributed by atoms with Crippen LogP contribution in [0.4, 0.5) is 0 Å². The van der Waals surface area contributed by atoms with Gasteiger partial charge in [0.1, 0.15) is 0 Å². The molecule has 2 rings (SSSR count). The molecule has 0 aliphatic carbocycles. The normalized spacial score (nSPS) is 10.7. The molecule has 9 heavy (non-hydrogen) atoms. The molecule has 0 amide bonds. The van der Waals surface area contributed by atoms with Crippen molar-refractivity contribution in [1.82, 2.24) is 4.98 Å². The molecule has 0 aliphatic heterocycles. The number of H-pyrrole nitrogens is 1. The Bertz CT molecular complexity index is 335. The van der Waals surface area contributed by atoms with E-state index in [9.17, 15) is 4.79 Å². The van der Waals surface area contributed by atoms with Crippen LogP contribution in [0.3, 0.4) is 0 Å². The van der Waals surface area contributed by atoms with Crippen molar-refractivity contribution in [3.8, 4) is 0 Å². The summed E-state index contributed by atoms with van der Waals surface area (Å²) in [6, 6.07) is 0. The molecular weight excluding hydrogens is 122 g/mol. The highest BCUT2D eigenvalue weighted by Crippen LogP contribution is 2.08. The number of fused-ring (bicyclic) bond motifs is 1. The number of rotatable bonds is 0. The Morgan fingerprint density at radius 3 is 2.33 bits per heavy atom. The van der Waals surface area contributed by atoms with Crippen molar-refractivity contribution in [1.29, 1.82) is 0 Å². The van der Waals surface area contributed by atoms with Crippen molar-refractivity contribution >= 4 is 11.2 Å². The second-order valence-corrected chi connectivity index (χ2v) is 1.64. The average Bonchev–Trinajstić information content (AvgIpc) is 2.22. The maximum atomic E-state index is 10.3. The Labute approximate surface area is 49.1 Å². The molecule has 0 atom stereocenters. The Morgan fingerprint density at radius 1 is 1.22 bits per heavy atom. The minimum Gasteiger partial charge on any atom is -0.389 e. The summed E-state index contributed by atoms with van der Waals surface area (Å²) in [6.07, 6.45) is 3.11. The van der Waals surface area contributed by atoms with Crippen molar-refractivity contribution in [2.75, 3.05) is 0 Å². The summed E-state index contributed by atoms with van der Waals surface area (Å²) < 4.78 is 9.11. The van der Waals surface area contributed by atoms with E-state index in [1.165, 1.54) is 0 Å². The molecule has 0 spiro atoms. The first-order chi connectivity index (χ1) is 4.36. The van der Waals surface area contributed by atoms with Crippen LogP contribution in [-0.2, 0) is 0 Å². The monoisotopic (exact) mass is 125 g/mol. The predicted molar refractivity (Wildman–Crippen MR) is 29.1 cm³/mol. The molecule has 0 saturated heterocycles. The highest BCUT2D eigenvalue weighted by atomic mass is 16.6. The average molecular weight is 125 g/mol. The highest BCUT2D eigenvalue weighted by Gasteiger charge is 2.00. The van der Waals surface area contributed by atoms with Gasteiger partial charge in [-0.25, -0.2) is 4.79 Å². The van der Waals surface area contributed by atoms with Crippen LogP contribution < -0.4 is 5.82 Å². The van der Waals surface area contributed by atoms with Gasteiger partial charge in [-0.2, -0.15) is 0 Å². The van der Waals surface area contributed by atoms with E-state index in [0.29, 0.717) is 11.2 Å². The van der Waals surface area contributed by atoms with Crippen LogP contribution >= 0.6 is 0 Å². The van der Waals surface area contributed by atoms with Gasteiger partial charge in [-0.3, -0.25) is 0 Å². The van der Waals surface area contributed by atoms with Gasteiger partial charge in [-0.15, -0.1) is 0 Å². The molecule has 46 valence electrons. The summed E-state index contributed by atoms with van der Waals surface area (Å²) in [5, 5.41) is 0. The predicted octanol–water partition coefficient (Wildman–Crippen LogP) is 0.714. The van der Waals surface area contributed by atoms with Gasteiger partial charge in [-0.1, -0.05) is 0 Å². The molecular formula is C5H3NO3. The van der Waals surface area contributed by atoms with Gasteiger partial charge >= 0.3 is 5.82 Å². The van der Waals surface area contributed by atoms with Crippen molar-refractivity contribution in [2.24, 2.45) is 0 Å². The van der Waals surface area contributed by atoms with Crippen LogP contribution in [0.15, 0.2) is 26.0 Å². The molecule has 1 N–H and O–H groups in total. The van der Waals surface area contributed by atoms with E-state index in [4.69, 9.17) is 0 Å². The third-order valence-corrected chi connectivity index (χ3v) is 1.06. The summed E-state index contributed by atoms with van der Waals surface area (Å²) in [7, 11) is 0. The second kappa shape index (κ2) is 1.28. The van der Waals surface area contributed by atoms with E-state index in [1.54, 1.807) is 12.4 Å².